The zero-order valence-corrected chi connectivity index (χ0v) is 12.1. The fourth-order valence-corrected chi connectivity index (χ4v) is 2.10. The Bertz CT molecular complexity index is 506. The average molecular weight is 296 g/mol. The van der Waals surface area contributed by atoms with Crippen LogP contribution < -0.4 is 10.6 Å². The molecular formula is C13H18ClN5O. The van der Waals surface area contributed by atoms with E-state index in [9.17, 15) is 4.79 Å². The molecular weight excluding hydrogens is 278 g/mol. The fourth-order valence-electron chi connectivity index (χ4n) is 2.10. The number of carbonyl (C=O) groups excluding carboxylic acids is 1. The summed E-state index contributed by atoms with van der Waals surface area (Å²) in [6.07, 6.45) is 1.63. The van der Waals surface area contributed by atoms with Crippen molar-refractivity contribution in [3.8, 4) is 6.07 Å². The third kappa shape index (κ3) is 3.59. The van der Waals surface area contributed by atoms with E-state index in [1.54, 1.807) is 30.2 Å². The summed E-state index contributed by atoms with van der Waals surface area (Å²) in [7, 11) is 0. The van der Waals surface area contributed by atoms with Crippen LogP contribution in [0.3, 0.4) is 0 Å². The Balaban J connectivity index is 0.00000200. The van der Waals surface area contributed by atoms with Crippen molar-refractivity contribution in [3.63, 3.8) is 0 Å². The molecule has 20 heavy (non-hydrogen) atoms. The van der Waals surface area contributed by atoms with Crippen LogP contribution in [0, 0.1) is 11.3 Å². The van der Waals surface area contributed by atoms with Gasteiger partial charge in [-0.25, -0.2) is 4.98 Å². The molecule has 0 bridgehead atoms. The van der Waals surface area contributed by atoms with Crippen molar-refractivity contribution in [2.45, 2.75) is 13.0 Å². The Kier molecular flexibility index (Phi) is 5.74. The zero-order valence-electron chi connectivity index (χ0n) is 11.3. The summed E-state index contributed by atoms with van der Waals surface area (Å²) in [5, 5.41) is 8.87. The largest absolute Gasteiger partial charge is 0.353 e. The lowest BCUT2D eigenvalue weighted by atomic mass is 10.2. The van der Waals surface area contributed by atoms with E-state index in [2.05, 4.69) is 16.0 Å². The van der Waals surface area contributed by atoms with Crippen LogP contribution in [-0.4, -0.2) is 48.0 Å². The van der Waals surface area contributed by atoms with Gasteiger partial charge >= 0.3 is 0 Å². The highest BCUT2D eigenvalue weighted by molar-refractivity contribution is 5.85. The minimum absolute atomic E-state index is 0. The molecule has 1 fully saturated rings. The smallest absolute Gasteiger partial charge is 0.239 e. The number of nitrogens with two attached hydrogens (primary N) is 1. The first kappa shape index (κ1) is 16.2. The van der Waals surface area contributed by atoms with Gasteiger partial charge < -0.3 is 15.5 Å². The maximum atomic E-state index is 11.8. The first-order valence-corrected chi connectivity index (χ1v) is 6.27. The van der Waals surface area contributed by atoms with Crippen LogP contribution in [-0.2, 0) is 4.79 Å². The number of aromatic nitrogens is 1. The second kappa shape index (κ2) is 7.08. The van der Waals surface area contributed by atoms with E-state index in [1.165, 1.54) is 0 Å². The van der Waals surface area contributed by atoms with Gasteiger partial charge in [-0.3, -0.25) is 4.79 Å². The maximum Gasteiger partial charge on any atom is 0.239 e. The lowest BCUT2D eigenvalue weighted by molar-refractivity contribution is -0.132. The monoisotopic (exact) mass is 295 g/mol. The number of pyridine rings is 1. The number of carbonyl (C=O) groups is 1. The van der Waals surface area contributed by atoms with Gasteiger partial charge in [0.25, 0.3) is 0 Å². The van der Waals surface area contributed by atoms with Gasteiger partial charge in [0.2, 0.25) is 5.91 Å². The van der Waals surface area contributed by atoms with Crippen molar-refractivity contribution in [1.82, 2.24) is 9.88 Å². The molecule has 1 aromatic heterocycles. The van der Waals surface area contributed by atoms with Crippen LogP contribution in [0.1, 0.15) is 12.5 Å². The molecule has 0 aliphatic carbocycles. The molecule has 1 saturated heterocycles. The minimum Gasteiger partial charge on any atom is -0.353 e. The first-order valence-electron chi connectivity index (χ1n) is 6.27. The predicted molar refractivity (Wildman–Crippen MR) is 78.6 cm³/mol. The Morgan fingerprint density at radius 3 is 2.65 bits per heavy atom. The topological polar surface area (TPSA) is 86.3 Å². The number of hydrogen-bond acceptors (Lipinski definition) is 5. The number of rotatable bonds is 2. The number of halogens is 1. The predicted octanol–water partition coefficient (Wildman–Crippen LogP) is 0.371. The molecule has 1 aliphatic rings. The standard InChI is InChI=1S/C13H17N5O.ClH/c1-10(15)13(19)18-6-4-17(5-7-18)12-8-11(9-14)2-3-16-12;/h2-3,8,10H,4-7,15H2,1H3;1H. The highest BCUT2D eigenvalue weighted by Gasteiger charge is 2.23. The molecule has 1 aromatic rings. The van der Waals surface area contributed by atoms with E-state index in [-0.39, 0.29) is 18.3 Å². The lowest BCUT2D eigenvalue weighted by Gasteiger charge is -2.36. The van der Waals surface area contributed by atoms with Gasteiger partial charge in [0.15, 0.2) is 0 Å². The van der Waals surface area contributed by atoms with Gasteiger partial charge in [0.05, 0.1) is 17.7 Å². The first-order chi connectivity index (χ1) is 9.11. The van der Waals surface area contributed by atoms with E-state index >= 15 is 0 Å². The molecule has 0 saturated carbocycles. The molecule has 2 heterocycles. The van der Waals surface area contributed by atoms with E-state index in [0.717, 1.165) is 5.82 Å². The molecule has 7 heteroatoms. The minimum atomic E-state index is -0.452. The van der Waals surface area contributed by atoms with Crippen LogP contribution in [0.15, 0.2) is 18.3 Å². The van der Waals surface area contributed by atoms with Gasteiger partial charge in [0.1, 0.15) is 5.82 Å². The molecule has 0 radical (unpaired) electrons. The molecule has 2 N–H and O–H groups in total. The van der Waals surface area contributed by atoms with Gasteiger partial charge in [-0.15, -0.1) is 12.4 Å². The van der Waals surface area contributed by atoms with Crippen molar-refractivity contribution in [3.05, 3.63) is 23.9 Å². The Morgan fingerprint density at radius 1 is 1.45 bits per heavy atom. The molecule has 1 unspecified atom stereocenters. The summed E-state index contributed by atoms with van der Waals surface area (Å²) in [6.45, 7) is 4.39. The Hall–Kier alpha value is -1.84. The average Bonchev–Trinajstić information content (AvgIpc) is 2.46. The molecule has 1 aliphatic heterocycles. The third-order valence-corrected chi connectivity index (χ3v) is 3.18. The van der Waals surface area contributed by atoms with Gasteiger partial charge in [-0.2, -0.15) is 5.26 Å². The van der Waals surface area contributed by atoms with E-state index < -0.39 is 6.04 Å². The second-order valence-electron chi connectivity index (χ2n) is 4.62. The van der Waals surface area contributed by atoms with Crippen LogP contribution in [0.25, 0.3) is 0 Å². The zero-order chi connectivity index (χ0) is 13.8. The molecule has 108 valence electrons. The summed E-state index contributed by atoms with van der Waals surface area (Å²) < 4.78 is 0. The van der Waals surface area contributed by atoms with Crippen LogP contribution in [0.4, 0.5) is 5.82 Å². The molecule has 6 nitrogen and oxygen atoms in total. The van der Waals surface area contributed by atoms with Crippen molar-refractivity contribution in [2.75, 3.05) is 31.1 Å². The van der Waals surface area contributed by atoms with Gasteiger partial charge in [-0.1, -0.05) is 0 Å². The summed E-state index contributed by atoms with van der Waals surface area (Å²) >= 11 is 0. The highest BCUT2D eigenvalue weighted by atomic mass is 35.5. The molecule has 2 rings (SSSR count). The summed E-state index contributed by atoms with van der Waals surface area (Å²) in [5.74, 6) is 0.769. The summed E-state index contributed by atoms with van der Waals surface area (Å²) in [6, 6.07) is 5.10. The van der Waals surface area contributed by atoms with Crippen molar-refractivity contribution >= 4 is 24.1 Å². The number of nitrogens with zero attached hydrogens (tertiary/aromatic N) is 4. The Morgan fingerprint density at radius 2 is 2.10 bits per heavy atom. The normalized spacial score (nSPS) is 16.1. The molecule has 1 atom stereocenters. The SMILES string of the molecule is CC(N)C(=O)N1CCN(c2cc(C#N)ccn2)CC1.Cl. The highest BCUT2D eigenvalue weighted by Crippen LogP contribution is 2.15. The van der Waals surface area contributed by atoms with E-state index in [4.69, 9.17) is 11.0 Å². The lowest BCUT2D eigenvalue weighted by Crippen LogP contribution is -2.52. The Labute approximate surface area is 124 Å². The quantitative estimate of drug-likeness (QED) is 0.852. The van der Waals surface area contributed by atoms with Crippen molar-refractivity contribution in [2.24, 2.45) is 5.73 Å². The van der Waals surface area contributed by atoms with Crippen LogP contribution in [0.2, 0.25) is 0 Å². The maximum absolute atomic E-state index is 11.8. The second-order valence-corrected chi connectivity index (χ2v) is 4.62. The van der Waals surface area contributed by atoms with E-state index in [0.29, 0.717) is 31.7 Å². The molecule has 0 spiro atoms. The van der Waals surface area contributed by atoms with E-state index in [1.807, 2.05) is 0 Å². The number of hydrogen-bond donors (Lipinski definition) is 1. The molecule has 1 amide bonds. The molecule has 0 aromatic carbocycles. The fraction of sp³-hybridized carbons (Fsp3) is 0.462. The summed E-state index contributed by atoms with van der Waals surface area (Å²) in [5.41, 5.74) is 6.19. The van der Waals surface area contributed by atoms with Crippen LogP contribution >= 0.6 is 12.4 Å². The third-order valence-electron chi connectivity index (χ3n) is 3.18. The summed E-state index contributed by atoms with van der Waals surface area (Å²) in [4.78, 5) is 19.9. The number of amides is 1. The number of nitriles is 1. The number of anilines is 1. The van der Waals surface area contributed by atoms with Crippen LogP contribution in [0.5, 0.6) is 0 Å². The van der Waals surface area contributed by atoms with Crippen molar-refractivity contribution in [1.29, 1.82) is 5.26 Å². The number of piperazine rings is 1. The van der Waals surface area contributed by atoms with Crippen molar-refractivity contribution < 1.29 is 4.79 Å². The van der Waals surface area contributed by atoms with Gasteiger partial charge in [-0.05, 0) is 19.1 Å². The van der Waals surface area contributed by atoms with Gasteiger partial charge in [0, 0.05) is 32.4 Å².